The molecule has 2 aromatic carbocycles. The molecule has 2 rings (SSSR count). The third-order valence-electron chi connectivity index (χ3n) is 2.49. The zero-order chi connectivity index (χ0) is 11.4. The van der Waals surface area contributed by atoms with Crippen LogP contribution in [0.1, 0.15) is 11.1 Å². The van der Waals surface area contributed by atoms with Crippen LogP contribution in [0.25, 0.3) is 0 Å². The number of alkyl halides is 1. The third kappa shape index (κ3) is 2.74. The first-order valence-electron chi connectivity index (χ1n) is 5.27. The van der Waals surface area contributed by atoms with Crippen LogP contribution in [0.3, 0.4) is 0 Å². The van der Waals surface area contributed by atoms with E-state index in [1.54, 1.807) is 0 Å². The lowest BCUT2D eigenvalue weighted by molar-refractivity contribution is 1.44. The van der Waals surface area contributed by atoms with Crippen LogP contribution < -0.4 is 10.4 Å². The molecule has 0 aromatic heterocycles. The molecule has 2 heteroatoms. The van der Waals surface area contributed by atoms with Crippen LogP contribution in [0.5, 0.6) is 0 Å². The molecule has 0 spiro atoms. The summed E-state index contributed by atoms with van der Waals surface area (Å²) in [5, 5.41) is 2.71. The monoisotopic (exact) mass is 244 g/mol. The molecule has 16 heavy (non-hydrogen) atoms. The molecule has 0 aliphatic heterocycles. The van der Waals surface area contributed by atoms with Crippen LogP contribution >= 0.6 is 11.6 Å². The van der Waals surface area contributed by atoms with Crippen molar-refractivity contribution < 1.29 is 0 Å². The fourth-order valence-electron chi connectivity index (χ4n) is 1.55. The van der Waals surface area contributed by atoms with Crippen molar-refractivity contribution in [3.05, 3.63) is 59.7 Å². The molecule has 0 N–H and O–H groups in total. The molecule has 80 valence electrons. The average Bonchev–Trinajstić information content (AvgIpc) is 2.33. The van der Waals surface area contributed by atoms with Crippen molar-refractivity contribution in [2.75, 3.05) is 0 Å². The van der Waals surface area contributed by atoms with Gasteiger partial charge < -0.3 is 0 Å². The van der Waals surface area contributed by atoms with Gasteiger partial charge in [-0.2, -0.15) is 0 Å². The van der Waals surface area contributed by atoms with Gasteiger partial charge in [-0.05, 0) is 12.5 Å². The van der Waals surface area contributed by atoms with E-state index in [0.717, 1.165) is 0 Å². The summed E-state index contributed by atoms with van der Waals surface area (Å²) in [5.74, 6) is 0.592. The van der Waals surface area contributed by atoms with Crippen molar-refractivity contribution in [1.29, 1.82) is 0 Å². The summed E-state index contributed by atoms with van der Waals surface area (Å²) >= 11 is 5.93. The number of benzene rings is 2. The van der Waals surface area contributed by atoms with E-state index < -0.39 is 0 Å². The van der Waals surface area contributed by atoms with Gasteiger partial charge in [-0.3, -0.25) is 0 Å². The summed E-state index contributed by atoms with van der Waals surface area (Å²) in [6, 6.07) is 17.1. The highest BCUT2D eigenvalue weighted by molar-refractivity contribution is 6.67. The van der Waals surface area contributed by atoms with Crippen molar-refractivity contribution in [2.45, 2.75) is 12.8 Å². The van der Waals surface area contributed by atoms with Crippen LogP contribution in [0.15, 0.2) is 48.5 Å². The van der Waals surface area contributed by atoms with Gasteiger partial charge in [0.1, 0.15) is 9.52 Å². The smallest absolute Gasteiger partial charge is 0.121 e. The topological polar surface area (TPSA) is 0 Å². The highest BCUT2D eigenvalue weighted by Gasteiger charge is 2.02. The van der Waals surface area contributed by atoms with Gasteiger partial charge in [0.15, 0.2) is 0 Å². The lowest BCUT2D eigenvalue weighted by Crippen LogP contribution is -2.29. The number of hydrogen-bond donors (Lipinski definition) is 0. The lowest BCUT2D eigenvalue weighted by Gasteiger charge is -2.06. The van der Waals surface area contributed by atoms with E-state index in [4.69, 9.17) is 11.6 Å². The number of aryl methyl sites for hydroxylation is 1. The fourth-order valence-corrected chi connectivity index (χ4v) is 3.05. The Morgan fingerprint density at radius 3 is 2.38 bits per heavy atom. The Morgan fingerprint density at radius 2 is 1.69 bits per heavy atom. The van der Waals surface area contributed by atoms with Gasteiger partial charge in [0.25, 0.3) is 0 Å². The first-order valence-corrected chi connectivity index (χ1v) is 6.80. The lowest BCUT2D eigenvalue weighted by atomic mass is 10.2. The summed E-state index contributed by atoms with van der Waals surface area (Å²) in [7, 11) is 0.694. The third-order valence-corrected chi connectivity index (χ3v) is 4.16. The summed E-state index contributed by atoms with van der Waals surface area (Å²) < 4.78 is 0. The minimum absolute atomic E-state index is 0.592. The molecule has 0 aliphatic carbocycles. The van der Waals surface area contributed by atoms with Crippen LogP contribution in [-0.2, 0) is 5.88 Å². The van der Waals surface area contributed by atoms with Crippen molar-refractivity contribution in [3.63, 3.8) is 0 Å². The van der Waals surface area contributed by atoms with E-state index in [1.807, 2.05) is 6.07 Å². The maximum Gasteiger partial charge on any atom is 0.121 e. The van der Waals surface area contributed by atoms with Gasteiger partial charge in [-0.25, -0.2) is 0 Å². The second-order valence-electron chi connectivity index (χ2n) is 3.78. The standard InChI is InChI=1S/C14H13ClSi/c1-11-6-8-13(9-7-11)16-14-5-3-2-4-12(14)10-15/h2-9H,10H2,1H3. The minimum Gasteiger partial charge on any atom is -0.122 e. The molecule has 0 nitrogen and oxygen atoms in total. The van der Waals surface area contributed by atoms with Gasteiger partial charge in [0, 0.05) is 5.88 Å². The van der Waals surface area contributed by atoms with Gasteiger partial charge in [0.05, 0.1) is 0 Å². The molecule has 2 radical (unpaired) electrons. The molecule has 0 saturated carbocycles. The second kappa shape index (κ2) is 5.33. The molecule has 0 aliphatic rings. The predicted molar refractivity (Wildman–Crippen MR) is 72.2 cm³/mol. The molecule has 0 unspecified atom stereocenters. The normalized spacial score (nSPS) is 10.4. The molecule has 0 atom stereocenters. The molecular formula is C14H13ClSi. The van der Waals surface area contributed by atoms with E-state index in [2.05, 4.69) is 49.4 Å². The Balaban J connectivity index is 2.23. The van der Waals surface area contributed by atoms with Crippen molar-refractivity contribution in [2.24, 2.45) is 0 Å². The highest BCUT2D eigenvalue weighted by atomic mass is 35.5. The minimum atomic E-state index is 0.592. The van der Waals surface area contributed by atoms with Crippen LogP contribution in [0.4, 0.5) is 0 Å². The number of rotatable bonds is 3. The average molecular weight is 245 g/mol. The molecule has 0 amide bonds. The molecule has 0 fully saturated rings. The second-order valence-corrected chi connectivity index (χ2v) is 5.42. The molecule has 2 aromatic rings. The number of hydrogen-bond acceptors (Lipinski definition) is 0. The molecule has 0 saturated heterocycles. The van der Waals surface area contributed by atoms with Crippen LogP contribution in [-0.4, -0.2) is 9.52 Å². The first kappa shape index (κ1) is 11.4. The van der Waals surface area contributed by atoms with E-state index in [9.17, 15) is 0 Å². The van der Waals surface area contributed by atoms with Crippen molar-refractivity contribution in [1.82, 2.24) is 0 Å². The Morgan fingerprint density at radius 1 is 1.00 bits per heavy atom. The maximum atomic E-state index is 5.93. The summed E-state index contributed by atoms with van der Waals surface area (Å²) in [6.07, 6.45) is 0. The molecular weight excluding hydrogens is 232 g/mol. The van der Waals surface area contributed by atoms with Gasteiger partial charge in [0.2, 0.25) is 0 Å². The highest BCUT2D eigenvalue weighted by Crippen LogP contribution is 2.00. The Bertz CT molecular complexity index is 462. The quantitative estimate of drug-likeness (QED) is 0.575. The Labute approximate surface area is 104 Å². The largest absolute Gasteiger partial charge is 0.122 e. The Hall–Kier alpha value is -1.05. The van der Waals surface area contributed by atoms with E-state index in [1.165, 1.54) is 21.5 Å². The molecule has 0 heterocycles. The predicted octanol–water partition coefficient (Wildman–Crippen LogP) is 2.39. The van der Waals surface area contributed by atoms with E-state index in [0.29, 0.717) is 15.4 Å². The van der Waals surface area contributed by atoms with Gasteiger partial charge in [-0.1, -0.05) is 64.5 Å². The van der Waals surface area contributed by atoms with Gasteiger partial charge >= 0.3 is 0 Å². The van der Waals surface area contributed by atoms with E-state index in [-0.39, 0.29) is 0 Å². The van der Waals surface area contributed by atoms with Crippen molar-refractivity contribution >= 4 is 31.5 Å². The maximum absolute atomic E-state index is 5.93. The SMILES string of the molecule is Cc1ccc([Si]c2ccccc2CCl)cc1. The van der Waals surface area contributed by atoms with Crippen molar-refractivity contribution in [3.8, 4) is 0 Å². The summed E-state index contributed by atoms with van der Waals surface area (Å²) in [4.78, 5) is 0. The first-order chi connectivity index (χ1) is 7.79. The van der Waals surface area contributed by atoms with Gasteiger partial charge in [-0.15, -0.1) is 11.6 Å². The van der Waals surface area contributed by atoms with E-state index >= 15 is 0 Å². The summed E-state index contributed by atoms with van der Waals surface area (Å²) in [5.41, 5.74) is 2.54. The zero-order valence-electron chi connectivity index (χ0n) is 9.20. The fraction of sp³-hybridized carbons (Fsp3) is 0.143. The summed E-state index contributed by atoms with van der Waals surface area (Å²) in [6.45, 7) is 2.11. The number of halogens is 1. The van der Waals surface area contributed by atoms with Crippen LogP contribution in [0.2, 0.25) is 0 Å². The Kier molecular flexibility index (Phi) is 3.81. The molecule has 0 bridgehead atoms. The zero-order valence-corrected chi connectivity index (χ0v) is 11.0. The van der Waals surface area contributed by atoms with Crippen LogP contribution in [0, 0.1) is 6.92 Å².